The Morgan fingerprint density at radius 3 is 2.46 bits per heavy atom. The van der Waals surface area contributed by atoms with E-state index in [-0.39, 0.29) is 30.4 Å². The van der Waals surface area contributed by atoms with Crippen molar-refractivity contribution < 1.29 is 30.7 Å². The molecule has 8 nitrogen and oxygen atoms in total. The minimum absolute atomic E-state index is 0.0140. The number of nitrogens with one attached hydrogen (secondary N) is 1. The number of halogens is 4. The van der Waals surface area contributed by atoms with Crippen LogP contribution in [0.3, 0.4) is 0 Å². The fraction of sp³-hybridized carbons (Fsp3) is 0.357. The highest BCUT2D eigenvalue weighted by atomic mass is 32.2. The lowest BCUT2D eigenvalue weighted by molar-refractivity contribution is -0.153. The third kappa shape index (κ3) is 6.46. The highest BCUT2D eigenvalue weighted by Crippen LogP contribution is 2.37. The van der Waals surface area contributed by atoms with Crippen LogP contribution in [0.2, 0.25) is 0 Å². The number of aromatic amines is 1. The predicted molar refractivity (Wildman–Crippen MR) is 147 cm³/mol. The molecule has 4 aromatic rings. The van der Waals surface area contributed by atoms with Crippen molar-refractivity contribution in [3.05, 3.63) is 72.3 Å². The number of anilines is 1. The Bertz CT molecular complexity index is 1650. The Kier molecular flexibility index (Phi) is 7.45. The van der Waals surface area contributed by atoms with Gasteiger partial charge in [-0.1, -0.05) is 12.1 Å². The first-order valence-corrected chi connectivity index (χ1v) is 14.5. The molecule has 5 rings (SSSR count). The van der Waals surface area contributed by atoms with Gasteiger partial charge in [0.2, 0.25) is 15.9 Å². The van der Waals surface area contributed by atoms with E-state index in [1.807, 2.05) is 6.07 Å². The summed E-state index contributed by atoms with van der Waals surface area (Å²) in [5, 5.41) is 0.774. The summed E-state index contributed by atoms with van der Waals surface area (Å²) in [6.45, 7) is 4.16. The molecule has 0 radical (unpaired) electrons. The monoisotopic (exact) mass is 591 g/mol. The summed E-state index contributed by atoms with van der Waals surface area (Å²) in [6, 6.07) is 9.48. The van der Waals surface area contributed by atoms with Gasteiger partial charge >= 0.3 is 6.18 Å². The number of alkyl halides is 3. The molecule has 0 spiro atoms. The first-order valence-electron chi connectivity index (χ1n) is 12.9. The van der Waals surface area contributed by atoms with Crippen molar-refractivity contribution in [3.63, 3.8) is 0 Å². The largest absolute Gasteiger partial charge is 0.472 e. The third-order valence-corrected chi connectivity index (χ3v) is 8.46. The van der Waals surface area contributed by atoms with Crippen LogP contribution in [0.1, 0.15) is 26.3 Å². The molecule has 0 aliphatic carbocycles. The molecule has 1 atom stereocenters. The summed E-state index contributed by atoms with van der Waals surface area (Å²) in [5.74, 6) is -0.924. The molecular weight excluding hydrogens is 562 g/mol. The second-order valence-corrected chi connectivity index (χ2v) is 12.8. The zero-order valence-electron chi connectivity index (χ0n) is 22.6. The number of pyridine rings is 2. The van der Waals surface area contributed by atoms with Crippen LogP contribution in [-0.2, 0) is 15.8 Å². The Morgan fingerprint density at radius 2 is 1.78 bits per heavy atom. The summed E-state index contributed by atoms with van der Waals surface area (Å²) in [6.07, 6.45) is -1.44. The number of aromatic nitrogens is 3. The third-order valence-electron chi connectivity index (χ3n) is 6.64. The van der Waals surface area contributed by atoms with Crippen LogP contribution < -0.4 is 9.64 Å². The first kappa shape index (κ1) is 28.8. The number of hydrogen-bond acceptors (Lipinski definition) is 6. The van der Waals surface area contributed by atoms with E-state index in [2.05, 4.69) is 15.0 Å². The molecule has 1 aliphatic heterocycles. The van der Waals surface area contributed by atoms with Crippen LogP contribution in [0.15, 0.2) is 60.9 Å². The van der Waals surface area contributed by atoms with E-state index in [0.29, 0.717) is 11.2 Å². The highest BCUT2D eigenvalue weighted by Gasteiger charge is 2.49. The molecule has 4 heterocycles. The van der Waals surface area contributed by atoms with Gasteiger partial charge < -0.3 is 14.6 Å². The Balaban J connectivity index is 1.52. The van der Waals surface area contributed by atoms with Crippen LogP contribution in [0, 0.1) is 5.82 Å². The van der Waals surface area contributed by atoms with Crippen LogP contribution in [0.25, 0.3) is 22.2 Å². The zero-order valence-corrected chi connectivity index (χ0v) is 23.4. The molecule has 0 bridgehead atoms. The Morgan fingerprint density at radius 1 is 1.05 bits per heavy atom. The van der Waals surface area contributed by atoms with Gasteiger partial charge in [0.25, 0.3) is 0 Å². The number of nitrogens with zero attached hydrogens (tertiary/aromatic N) is 4. The van der Waals surface area contributed by atoms with E-state index < -0.39 is 46.0 Å². The number of H-pyrrole nitrogens is 1. The van der Waals surface area contributed by atoms with Gasteiger partial charge in [-0.15, -0.1) is 0 Å². The summed E-state index contributed by atoms with van der Waals surface area (Å²) in [5.41, 5.74) is 1.52. The summed E-state index contributed by atoms with van der Waals surface area (Å²) < 4.78 is 89.8. The number of hydrogen-bond donors (Lipinski definition) is 1. The van der Waals surface area contributed by atoms with Crippen molar-refractivity contribution >= 4 is 26.9 Å². The van der Waals surface area contributed by atoms with E-state index in [1.54, 1.807) is 51.4 Å². The van der Waals surface area contributed by atoms with Gasteiger partial charge in [0, 0.05) is 43.5 Å². The molecule has 1 saturated heterocycles. The molecule has 1 unspecified atom stereocenters. The molecule has 1 N–H and O–H groups in total. The second-order valence-electron chi connectivity index (χ2n) is 10.9. The molecule has 1 aliphatic rings. The van der Waals surface area contributed by atoms with E-state index in [0.717, 1.165) is 32.3 Å². The number of fused-ring (bicyclic) bond motifs is 1. The second kappa shape index (κ2) is 10.6. The van der Waals surface area contributed by atoms with Crippen LogP contribution >= 0.6 is 0 Å². The number of piperazine rings is 1. The first-order chi connectivity index (χ1) is 19.2. The summed E-state index contributed by atoms with van der Waals surface area (Å²) in [4.78, 5) is 12.8. The van der Waals surface area contributed by atoms with Gasteiger partial charge in [-0.3, -0.25) is 0 Å². The molecule has 41 heavy (non-hydrogen) atoms. The fourth-order valence-electron chi connectivity index (χ4n) is 4.82. The lowest BCUT2D eigenvalue weighted by atomic mass is 10.0. The van der Waals surface area contributed by atoms with Crippen molar-refractivity contribution in [1.29, 1.82) is 0 Å². The van der Waals surface area contributed by atoms with Crippen LogP contribution in [0.4, 0.5) is 23.4 Å². The Hall–Kier alpha value is -3.71. The average Bonchev–Trinajstić information content (AvgIpc) is 3.37. The van der Waals surface area contributed by atoms with E-state index >= 15 is 0 Å². The maximum absolute atomic E-state index is 14.5. The minimum atomic E-state index is -4.77. The van der Waals surface area contributed by atoms with Gasteiger partial charge in [0.1, 0.15) is 28.9 Å². The average molecular weight is 592 g/mol. The van der Waals surface area contributed by atoms with Crippen LogP contribution in [-0.4, -0.2) is 65.1 Å². The van der Waals surface area contributed by atoms with E-state index in [9.17, 15) is 26.0 Å². The maximum atomic E-state index is 14.5. The van der Waals surface area contributed by atoms with E-state index in [4.69, 9.17) is 4.74 Å². The zero-order chi connectivity index (χ0) is 29.6. The molecule has 13 heteroatoms. The van der Waals surface area contributed by atoms with Gasteiger partial charge in [0.15, 0.2) is 0 Å². The molecule has 0 amide bonds. The van der Waals surface area contributed by atoms with Crippen molar-refractivity contribution in [1.82, 2.24) is 19.3 Å². The Labute approximate surface area is 235 Å². The molecule has 1 fully saturated rings. The van der Waals surface area contributed by atoms with Crippen LogP contribution in [0.5, 0.6) is 5.88 Å². The lowest BCUT2D eigenvalue weighted by Crippen LogP contribution is -2.60. The van der Waals surface area contributed by atoms with Crippen molar-refractivity contribution in [2.24, 2.45) is 0 Å². The maximum Gasteiger partial charge on any atom is 0.410 e. The normalized spacial score (nSPS) is 17.2. The van der Waals surface area contributed by atoms with Crippen molar-refractivity contribution in [2.75, 3.05) is 24.5 Å². The summed E-state index contributed by atoms with van der Waals surface area (Å²) >= 11 is 0. The molecular formula is C28H29F4N5O3S. The molecule has 1 aromatic carbocycles. The number of benzene rings is 1. The molecule has 218 valence electrons. The highest BCUT2D eigenvalue weighted by molar-refractivity contribution is 7.88. The van der Waals surface area contributed by atoms with E-state index in [1.165, 1.54) is 12.1 Å². The van der Waals surface area contributed by atoms with Gasteiger partial charge in [0.05, 0.1) is 5.75 Å². The van der Waals surface area contributed by atoms with Crippen molar-refractivity contribution in [2.45, 2.75) is 44.3 Å². The number of ether oxygens (including phenoxy) is 1. The quantitative estimate of drug-likeness (QED) is 0.297. The lowest BCUT2D eigenvalue weighted by Gasteiger charge is -2.42. The predicted octanol–water partition coefficient (Wildman–Crippen LogP) is 5.52. The topological polar surface area (TPSA) is 91.4 Å². The van der Waals surface area contributed by atoms with Crippen molar-refractivity contribution in [3.8, 4) is 17.0 Å². The van der Waals surface area contributed by atoms with Gasteiger partial charge in [-0.05, 0) is 67.8 Å². The van der Waals surface area contributed by atoms with Gasteiger partial charge in [-0.2, -0.15) is 22.5 Å². The molecule has 0 saturated carbocycles. The summed E-state index contributed by atoms with van der Waals surface area (Å²) in [7, 11) is -4.12. The standard InChI is InChI=1S/C28H29F4N5O3S/c1-27(2,3)40-25-15-19(21-8-10-33-26-22(21)9-11-34-26)14-24(35-25)37-13-12-36(16-23(37)28(30,31)32)41(38,39)17-18-4-6-20(29)7-5-18/h4-11,14-15,23H,12-13,16-17H2,1-3H3,(H,33,34). The minimum Gasteiger partial charge on any atom is -0.472 e. The molecule has 3 aromatic heterocycles. The smallest absolute Gasteiger partial charge is 0.410 e. The number of rotatable bonds is 6. The SMILES string of the molecule is CC(C)(C)Oc1cc(-c2ccnc3[nH]ccc23)cc(N2CCN(S(=O)(=O)Cc3ccc(F)cc3)CC2C(F)(F)F)n1. The number of sulfonamides is 1. The fourth-order valence-corrected chi connectivity index (χ4v) is 6.34. The van der Waals surface area contributed by atoms with Gasteiger partial charge in [-0.25, -0.2) is 17.8 Å².